The molecule has 3 aromatic heterocycles. The molecule has 0 spiro atoms. The molecule has 0 amide bonds. The molecule has 1 fully saturated rings. The van der Waals surface area contributed by atoms with Gasteiger partial charge in [0, 0.05) is 18.5 Å². The maximum atomic E-state index is 15.1. The number of hydrogen-bond donors (Lipinski definition) is 2. The molecule has 4 atom stereocenters. The van der Waals surface area contributed by atoms with Crippen molar-refractivity contribution in [1.82, 2.24) is 19.6 Å². The maximum Gasteiger partial charge on any atom is 0.229 e. The standard InChI is InChI=1S/C29H34F2N6O3S/c1-16(2)40-15-18-10-22(30)27(23(31)11-18)25-6-5-20-13-34-29(37(20)36-25)35-26-14-33-8-7-21(26)19-9-17(3)28(24(32)12-19)41(4,38)39/h5-8,10-11,13-14,16-17,19,24,28H,9,12,15,32H2,1-4H3,(H,34,35)/t17-,19+,24+,28+/m0/s1. The normalized spacial score (nSPS) is 21.5. The van der Waals surface area contributed by atoms with Gasteiger partial charge in [-0.15, -0.1) is 0 Å². The molecule has 3 N–H and O–H groups in total. The number of benzene rings is 1. The second-order valence-electron chi connectivity index (χ2n) is 11.1. The van der Waals surface area contributed by atoms with Gasteiger partial charge in [0.1, 0.15) is 11.6 Å². The van der Waals surface area contributed by atoms with Crippen LogP contribution in [0.4, 0.5) is 20.4 Å². The molecule has 41 heavy (non-hydrogen) atoms. The minimum atomic E-state index is -3.28. The van der Waals surface area contributed by atoms with Crippen molar-refractivity contribution in [2.24, 2.45) is 11.7 Å². The Labute approximate surface area is 238 Å². The molecule has 1 saturated carbocycles. The van der Waals surface area contributed by atoms with E-state index in [9.17, 15) is 8.42 Å². The van der Waals surface area contributed by atoms with Crippen molar-refractivity contribution < 1.29 is 21.9 Å². The number of pyridine rings is 1. The molecular formula is C29H34F2N6O3S. The zero-order chi connectivity index (χ0) is 29.5. The van der Waals surface area contributed by atoms with Crippen LogP contribution in [-0.2, 0) is 21.2 Å². The van der Waals surface area contributed by atoms with Crippen LogP contribution in [0.2, 0.25) is 0 Å². The first kappa shape index (κ1) is 29.0. The van der Waals surface area contributed by atoms with E-state index in [1.807, 2.05) is 26.8 Å². The fraction of sp³-hybridized carbons (Fsp3) is 0.414. The van der Waals surface area contributed by atoms with Gasteiger partial charge in [-0.3, -0.25) is 4.98 Å². The SMILES string of the molecule is CC(C)OCc1cc(F)c(-c2ccc3cnc(Nc4cnccc4[C@H]4C[C@@H](N)[C@H](S(C)(=O)=O)[C@@H](C)C4)n3n2)c(F)c1. The predicted octanol–water partition coefficient (Wildman–Crippen LogP) is 4.99. The highest BCUT2D eigenvalue weighted by molar-refractivity contribution is 7.91. The van der Waals surface area contributed by atoms with Crippen molar-refractivity contribution in [3.05, 3.63) is 71.7 Å². The number of nitrogens with one attached hydrogen (secondary N) is 1. The topological polar surface area (TPSA) is 124 Å². The average Bonchev–Trinajstić information content (AvgIpc) is 3.28. The molecule has 1 aliphatic carbocycles. The molecule has 0 saturated heterocycles. The van der Waals surface area contributed by atoms with E-state index in [-0.39, 0.29) is 35.8 Å². The van der Waals surface area contributed by atoms with E-state index in [4.69, 9.17) is 10.5 Å². The van der Waals surface area contributed by atoms with Crippen molar-refractivity contribution in [1.29, 1.82) is 0 Å². The first-order valence-corrected chi connectivity index (χ1v) is 15.5. The summed E-state index contributed by atoms with van der Waals surface area (Å²) in [4.78, 5) is 8.70. The van der Waals surface area contributed by atoms with Crippen molar-refractivity contribution in [2.75, 3.05) is 11.6 Å². The van der Waals surface area contributed by atoms with E-state index in [0.29, 0.717) is 35.6 Å². The van der Waals surface area contributed by atoms with Crippen LogP contribution in [0.3, 0.4) is 0 Å². The van der Waals surface area contributed by atoms with Gasteiger partial charge in [0.25, 0.3) is 0 Å². The third-order valence-corrected chi connectivity index (χ3v) is 9.36. The van der Waals surface area contributed by atoms with Gasteiger partial charge in [-0.05, 0) is 80.0 Å². The summed E-state index contributed by atoms with van der Waals surface area (Å²) in [5.74, 6) is -1.26. The molecule has 1 aliphatic rings. The Morgan fingerprint density at radius 1 is 1.15 bits per heavy atom. The van der Waals surface area contributed by atoms with Crippen molar-refractivity contribution in [3.63, 3.8) is 0 Å². The van der Waals surface area contributed by atoms with E-state index >= 15 is 8.78 Å². The van der Waals surface area contributed by atoms with E-state index in [1.165, 1.54) is 22.9 Å². The highest BCUT2D eigenvalue weighted by Crippen LogP contribution is 2.41. The Kier molecular flexibility index (Phi) is 8.09. The van der Waals surface area contributed by atoms with Gasteiger partial charge in [0.2, 0.25) is 5.95 Å². The number of fused-ring (bicyclic) bond motifs is 1. The number of nitrogens with zero attached hydrogens (tertiary/aromatic N) is 4. The number of halogens is 2. The Hall–Kier alpha value is -3.48. The Morgan fingerprint density at radius 3 is 2.54 bits per heavy atom. The highest BCUT2D eigenvalue weighted by Gasteiger charge is 2.40. The summed E-state index contributed by atoms with van der Waals surface area (Å²) in [6.07, 6.45) is 7.26. The number of imidazole rings is 1. The number of anilines is 2. The van der Waals surface area contributed by atoms with Gasteiger partial charge in [-0.2, -0.15) is 9.61 Å². The van der Waals surface area contributed by atoms with Gasteiger partial charge in [0.15, 0.2) is 9.84 Å². The van der Waals surface area contributed by atoms with E-state index < -0.39 is 32.8 Å². The second kappa shape index (κ2) is 11.4. The fourth-order valence-corrected chi connectivity index (χ4v) is 7.56. The number of nitrogens with two attached hydrogens (primary N) is 1. The Bertz CT molecular complexity index is 1640. The monoisotopic (exact) mass is 584 g/mol. The van der Waals surface area contributed by atoms with Gasteiger partial charge in [-0.1, -0.05) is 6.92 Å². The second-order valence-corrected chi connectivity index (χ2v) is 13.3. The van der Waals surface area contributed by atoms with Crippen LogP contribution in [0.1, 0.15) is 50.7 Å². The number of hydrogen-bond acceptors (Lipinski definition) is 8. The number of rotatable bonds is 8. The number of ether oxygens (including phenoxy) is 1. The first-order chi connectivity index (χ1) is 19.4. The van der Waals surface area contributed by atoms with Crippen LogP contribution < -0.4 is 11.1 Å². The third kappa shape index (κ3) is 6.09. The predicted molar refractivity (Wildman–Crippen MR) is 154 cm³/mol. The van der Waals surface area contributed by atoms with Gasteiger partial charge < -0.3 is 15.8 Å². The summed E-state index contributed by atoms with van der Waals surface area (Å²) < 4.78 is 61.8. The van der Waals surface area contributed by atoms with E-state index in [1.54, 1.807) is 30.7 Å². The van der Waals surface area contributed by atoms with Crippen LogP contribution in [-0.4, -0.2) is 51.7 Å². The summed E-state index contributed by atoms with van der Waals surface area (Å²) in [5, 5.41) is 7.19. The van der Waals surface area contributed by atoms with Crippen molar-refractivity contribution in [3.8, 4) is 11.3 Å². The smallest absolute Gasteiger partial charge is 0.229 e. The van der Waals surface area contributed by atoms with Gasteiger partial charge in [0.05, 0.1) is 52.8 Å². The Balaban J connectivity index is 1.45. The van der Waals surface area contributed by atoms with Crippen LogP contribution in [0.5, 0.6) is 0 Å². The lowest BCUT2D eigenvalue weighted by atomic mass is 9.76. The molecule has 9 nitrogen and oxygen atoms in total. The largest absolute Gasteiger partial charge is 0.374 e. The lowest BCUT2D eigenvalue weighted by Gasteiger charge is -2.38. The molecule has 3 heterocycles. The Morgan fingerprint density at radius 2 is 1.88 bits per heavy atom. The number of sulfone groups is 1. The summed E-state index contributed by atoms with van der Waals surface area (Å²) >= 11 is 0. The molecule has 1 aromatic carbocycles. The summed E-state index contributed by atoms with van der Waals surface area (Å²) in [7, 11) is -3.28. The highest BCUT2D eigenvalue weighted by atomic mass is 32.2. The van der Waals surface area contributed by atoms with Crippen molar-refractivity contribution in [2.45, 2.75) is 63.5 Å². The average molecular weight is 585 g/mol. The van der Waals surface area contributed by atoms with Crippen LogP contribution >= 0.6 is 0 Å². The molecule has 0 unspecified atom stereocenters. The molecule has 5 rings (SSSR count). The molecule has 218 valence electrons. The summed E-state index contributed by atoms with van der Waals surface area (Å²) in [6.45, 7) is 5.72. The molecular weight excluding hydrogens is 550 g/mol. The van der Waals surface area contributed by atoms with Gasteiger partial charge in [-0.25, -0.2) is 22.2 Å². The fourth-order valence-electron chi connectivity index (χ4n) is 5.86. The van der Waals surface area contributed by atoms with Crippen LogP contribution in [0.15, 0.2) is 48.9 Å². The maximum absolute atomic E-state index is 15.1. The van der Waals surface area contributed by atoms with Gasteiger partial charge >= 0.3 is 0 Å². The zero-order valence-corrected chi connectivity index (χ0v) is 24.2. The molecule has 4 aromatic rings. The lowest BCUT2D eigenvalue weighted by molar-refractivity contribution is 0.0654. The van der Waals surface area contributed by atoms with Crippen LogP contribution in [0, 0.1) is 17.6 Å². The minimum Gasteiger partial charge on any atom is -0.374 e. The zero-order valence-electron chi connectivity index (χ0n) is 23.4. The number of aromatic nitrogens is 4. The van der Waals surface area contributed by atoms with E-state index in [0.717, 1.165) is 5.56 Å². The van der Waals surface area contributed by atoms with Crippen LogP contribution in [0.25, 0.3) is 16.8 Å². The lowest BCUT2D eigenvalue weighted by Crippen LogP contribution is -2.48. The quantitative estimate of drug-likeness (QED) is 0.297. The molecule has 0 radical (unpaired) electrons. The third-order valence-electron chi connectivity index (χ3n) is 7.56. The molecule has 0 aliphatic heterocycles. The summed E-state index contributed by atoms with van der Waals surface area (Å²) in [6, 6.07) is 7.14. The molecule has 12 heteroatoms. The first-order valence-electron chi connectivity index (χ1n) is 13.5. The molecule has 0 bridgehead atoms. The minimum absolute atomic E-state index is 0.000344. The van der Waals surface area contributed by atoms with Crippen molar-refractivity contribution >= 4 is 27.0 Å². The van der Waals surface area contributed by atoms with E-state index in [2.05, 4.69) is 20.4 Å². The summed E-state index contributed by atoms with van der Waals surface area (Å²) in [5.41, 5.74) is 8.84.